The molecule has 0 aromatic heterocycles. The number of thioether (sulfide) groups is 2. The highest BCUT2D eigenvalue weighted by molar-refractivity contribution is 8.16. The van der Waals surface area contributed by atoms with Crippen LogP contribution in [0.25, 0.3) is 0 Å². The predicted octanol–water partition coefficient (Wildman–Crippen LogP) is 3.80. The van der Waals surface area contributed by atoms with Gasteiger partial charge in [0.1, 0.15) is 0 Å². The first-order valence-corrected chi connectivity index (χ1v) is 10.0. The van der Waals surface area contributed by atoms with E-state index in [1.807, 2.05) is 54.4 Å². The van der Waals surface area contributed by atoms with Crippen LogP contribution in [0.4, 0.5) is 0 Å². The van der Waals surface area contributed by atoms with Gasteiger partial charge in [-0.25, -0.2) is 0 Å². The van der Waals surface area contributed by atoms with Gasteiger partial charge in [0.05, 0.1) is 16.8 Å². The minimum atomic E-state index is 0.113. The highest BCUT2D eigenvalue weighted by atomic mass is 32.2. The van der Waals surface area contributed by atoms with Crippen molar-refractivity contribution in [2.75, 3.05) is 24.6 Å². The van der Waals surface area contributed by atoms with Gasteiger partial charge in [-0.1, -0.05) is 12.1 Å². The molecule has 0 aliphatic carbocycles. The Morgan fingerprint density at radius 3 is 2.27 bits per heavy atom. The van der Waals surface area contributed by atoms with E-state index >= 15 is 0 Å². The highest BCUT2D eigenvalue weighted by Gasteiger charge is 2.26. The van der Waals surface area contributed by atoms with Gasteiger partial charge in [0, 0.05) is 18.7 Å². The topological polar surface area (TPSA) is 29.5 Å². The molecule has 0 spiro atoms. The fraction of sp³-hybridized carbons (Fsp3) is 0.588. The van der Waals surface area contributed by atoms with Crippen LogP contribution in [0.3, 0.4) is 0 Å². The first-order valence-electron chi connectivity index (χ1n) is 7.91. The van der Waals surface area contributed by atoms with E-state index in [1.54, 1.807) is 0 Å². The number of morpholine rings is 1. The quantitative estimate of drug-likeness (QED) is 0.821. The van der Waals surface area contributed by atoms with E-state index in [1.165, 1.54) is 23.5 Å². The molecular weight excluding hydrogens is 314 g/mol. The SMILES string of the molecule is CC1CN(C(=O)c2ccc(C3SCCCS3)cc2)CC(C)O1. The predicted molar refractivity (Wildman–Crippen MR) is 94.6 cm³/mol. The van der Waals surface area contributed by atoms with Crippen molar-refractivity contribution in [3.63, 3.8) is 0 Å². The number of rotatable bonds is 2. The summed E-state index contributed by atoms with van der Waals surface area (Å²) in [6, 6.07) is 8.21. The van der Waals surface area contributed by atoms with E-state index in [-0.39, 0.29) is 18.1 Å². The molecule has 2 atom stereocenters. The van der Waals surface area contributed by atoms with Gasteiger partial charge in [-0.2, -0.15) is 0 Å². The smallest absolute Gasteiger partial charge is 0.254 e. The Bertz CT molecular complexity index is 504. The van der Waals surface area contributed by atoms with Crippen LogP contribution in [-0.4, -0.2) is 47.6 Å². The number of hydrogen-bond donors (Lipinski definition) is 0. The Morgan fingerprint density at radius 2 is 1.68 bits per heavy atom. The Morgan fingerprint density at radius 1 is 1.09 bits per heavy atom. The summed E-state index contributed by atoms with van der Waals surface area (Å²) in [6.07, 6.45) is 1.53. The van der Waals surface area contributed by atoms with Crippen LogP contribution in [-0.2, 0) is 4.74 Å². The molecule has 2 saturated heterocycles. The zero-order valence-corrected chi connectivity index (χ0v) is 14.8. The fourth-order valence-corrected chi connectivity index (χ4v) is 5.88. The third-order valence-electron chi connectivity index (χ3n) is 3.96. The zero-order valence-electron chi connectivity index (χ0n) is 13.2. The molecule has 0 saturated carbocycles. The largest absolute Gasteiger partial charge is 0.372 e. The molecule has 1 aromatic rings. The van der Waals surface area contributed by atoms with Crippen LogP contribution in [0, 0.1) is 0 Å². The molecule has 3 nitrogen and oxygen atoms in total. The first kappa shape index (κ1) is 16.2. The maximum atomic E-state index is 12.6. The van der Waals surface area contributed by atoms with Crippen LogP contribution in [0.1, 0.15) is 40.8 Å². The molecule has 2 heterocycles. The van der Waals surface area contributed by atoms with Crippen LogP contribution in [0.2, 0.25) is 0 Å². The Kier molecular flexibility index (Phi) is 5.37. The second kappa shape index (κ2) is 7.28. The maximum Gasteiger partial charge on any atom is 0.254 e. The van der Waals surface area contributed by atoms with Crippen molar-refractivity contribution in [1.29, 1.82) is 0 Å². The molecule has 1 amide bonds. The molecular formula is C17H23NO2S2. The van der Waals surface area contributed by atoms with Crippen LogP contribution >= 0.6 is 23.5 Å². The number of benzene rings is 1. The Hall–Kier alpha value is -0.650. The average molecular weight is 338 g/mol. The van der Waals surface area contributed by atoms with Crippen molar-refractivity contribution >= 4 is 29.4 Å². The lowest BCUT2D eigenvalue weighted by molar-refractivity contribution is -0.0586. The van der Waals surface area contributed by atoms with Crippen LogP contribution in [0.15, 0.2) is 24.3 Å². The van der Waals surface area contributed by atoms with Gasteiger partial charge in [-0.15, -0.1) is 23.5 Å². The number of carbonyl (C=O) groups is 1. The van der Waals surface area contributed by atoms with Gasteiger partial charge in [0.15, 0.2) is 0 Å². The first-order chi connectivity index (χ1) is 10.6. The lowest BCUT2D eigenvalue weighted by atomic mass is 10.1. The molecule has 3 rings (SSSR count). The van der Waals surface area contributed by atoms with Gasteiger partial charge >= 0.3 is 0 Å². The summed E-state index contributed by atoms with van der Waals surface area (Å²) in [5.41, 5.74) is 2.12. The van der Waals surface area contributed by atoms with E-state index in [2.05, 4.69) is 12.1 Å². The van der Waals surface area contributed by atoms with Gasteiger partial charge in [0.25, 0.3) is 5.91 Å². The third kappa shape index (κ3) is 3.81. The standard InChI is InChI=1S/C17H23NO2S2/c1-12-10-18(11-13(2)20-12)16(19)14-4-6-15(7-5-14)17-21-8-3-9-22-17/h4-7,12-13,17H,3,8-11H2,1-2H3. The fourth-order valence-electron chi connectivity index (χ4n) is 2.99. The molecule has 0 N–H and O–H groups in total. The lowest BCUT2D eigenvalue weighted by Gasteiger charge is -2.35. The van der Waals surface area contributed by atoms with Crippen molar-refractivity contribution in [3.05, 3.63) is 35.4 Å². The number of amides is 1. The maximum absolute atomic E-state index is 12.6. The molecule has 1 aromatic carbocycles. The second-order valence-corrected chi connectivity index (χ2v) is 8.74. The molecule has 22 heavy (non-hydrogen) atoms. The van der Waals surface area contributed by atoms with Crippen molar-refractivity contribution < 1.29 is 9.53 Å². The van der Waals surface area contributed by atoms with E-state index in [4.69, 9.17) is 4.74 Å². The molecule has 2 aliphatic heterocycles. The molecule has 2 unspecified atom stereocenters. The van der Waals surface area contributed by atoms with Crippen molar-refractivity contribution in [1.82, 2.24) is 4.90 Å². The third-order valence-corrected chi connectivity index (χ3v) is 6.98. The summed E-state index contributed by atoms with van der Waals surface area (Å²) < 4.78 is 6.23. The minimum Gasteiger partial charge on any atom is -0.372 e. The summed E-state index contributed by atoms with van der Waals surface area (Å²) in [7, 11) is 0. The monoisotopic (exact) mass is 337 g/mol. The average Bonchev–Trinajstić information content (AvgIpc) is 2.54. The minimum absolute atomic E-state index is 0.113. The van der Waals surface area contributed by atoms with Crippen molar-refractivity contribution in [3.8, 4) is 0 Å². The number of carbonyl (C=O) groups excluding carboxylic acids is 1. The lowest BCUT2D eigenvalue weighted by Crippen LogP contribution is -2.48. The van der Waals surface area contributed by atoms with Crippen molar-refractivity contribution in [2.24, 2.45) is 0 Å². The Labute approximate surface area is 141 Å². The van der Waals surface area contributed by atoms with E-state index < -0.39 is 0 Å². The van der Waals surface area contributed by atoms with E-state index in [0.29, 0.717) is 17.7 Å². The highest BCUT2D eigenvalue weighted by Crippen LogP contribution is 2.43. The van der Waals surface area contributed by atoms with Gasteiger partial charge < -0.3 is 9.64 Å². The molecule has 120 valence electrons. The summed E-state index contributed by atoms with van der Waals surface area (Å²) in [4.78, 5) is 14.6. The Balaban J connectivity index is 1.68. The number of hydrogen-bond acceptors (Lipinski definition) is 4. The summed E-state index contributed by atoms with van der Waals surface area (Å²) >= 11 is 4.02. The molecule has 2 fully saturated rings. The van der Waals surface area contributed by atoms with E-state index in [0.717, 1.165) is 5.56 Å². The molecule has 0 bridgehead atoms. The van der Waals surface area contributed by atoms with E-state index in [9.17, 15) is 4.79 Å². The van der Waals surface area contributed by atoms with Gasteiger partial charge in [0.2, 0.25) is 0 Å². The van der Waals surface area contributed by atoms with Crippen molar-refractivity contribution in [2.45, 2.75) is 37.1 Å². The van der Waals surface area contributed by atoms with Gasteiger partial charge in [-0.3, -0.25) is 4.79 Å². The number of nitrogens with zero attached hydrogens (tertiary/aromatic N) is 1. The van der Waals surface area contributed by atoms with Crippen LogP contribution < -0.4 is 0 Å². The summed E-state index contributed by atoms with van der Waals surface area (Å²) in [5, 5.41) is 0. The number of ether oxygens (including phenoxy) is 1. The summed E-state index contributed by atoms with van der Waals surface area (Å²) in [5.74, 6) is 2.60. The zero-order chi connectivity index (χ0) is 15.5. The second-order valence-electron chi connectivity index (χ2n) is 6.02. The molecule has 0 radical (unpaired) electrons. The summed E-state index contributed by atoms with van der Waals surface area (Å²) in [6.45, 7) is 5.41. The van der Waals surface area contributed by atoms with Crippen LogP contribution in [0.5, 0.6) is 0 Å². The van der Waals surface area contributed by atoms with Gasteiger partial charge in [-0.05, 0) is 49.5 Å². The molecule has 2 aliphatic rings. The molecule has 5 heteroatoms. The normalized spacial score (nSPS) is 26.9.